The van der Waals surface area contributed by atoms with Gasteiger partial charge in [0.15, 0.2) is 0 Å². The van der Waals surface area contributed by atoms with Gasteiger partial charge in [0, 0.05) is 5.56 Å². The van der Waals surface area contributed by atoms with Gasteiger partial charge in [0.05, 0.1) is 22.7 Å². The third-order valence-corrected chi connectivity index (χ3v) is 6.27. The predicted octanol–water partition coefficient (Wildman–Crippen LogP) is 5.46. The smallest absolute Gasteiger partial charge is 0.422 e. The zero-order valence-electron chi connectivity index (χ0n) is 18.8. The Morgan fingerprint density at radius 3 is 2.06 bits per heavy atom. The van der Waals surface area contributed by atoms with Crippen molar-refractivity contribution in [1.82, 2.24) is 9.97 Å². The normalized spacial score (nSPS) is 11.1. The van der Waals surface area contributed by atoms with Gasteiger partial charge in [-0.1, -0.05) is 84.9 Å². The Bertz CT molecular complexity index is 1680. The first kappa shape index (κ1) is 21.2. The summed E-state index contributed by atoms with van der Waals surface area (Å²) >= 11 is 0. The fourth-order valence-corrected chi connectivity index (χ4v) is 4.52. The zero-order chi connectivity index (χ0) is 23.8. The van der Waals surface area contributed by atoms with Crippen LogP contribution in [0.1, 0.15) is 0 Å². The standard InChI is InChI=1S/C30H21BN2O2/c34-31(35)30-12-6-11-27(33-30)29-19-24(18-28(32-29)21-8-2-1-3-9-21)22-15-16-26-23(17-22)14-13-20-7-4-5-10-25(20)26/h1-19,34-35H. The Morgan fingerprint density at radius 1 is 0.457 bits per heavy atom. The minimum Gasteiger partial charge on any atom is -0.422 e. The molecule has 0 unspecified atom stereocenters. The van der Waals surface area contributed by atoms with E-state index in [1.165, 1.54) is 21.5 Å². The summed E-state index contributed by atoms with van der Waals surface area (Å²) in [6.45, 7) is 0. The van der Waals surface area contributed by atoms with Gasteiger partial charge in [0.25, 0.3) is 0 Å². The number of benzene rings is 4. The number of pyridine rings is 2. The highest BCUT2D eigenvalue weighted by molar-refractivity contribution is 6.57. The third-order valence-electron chi connectivity index (χ3n) is 6.27. The Kier molecular flexibility index (Phi) is 5.34. The highest BCUT2D eigenvalue weighted by atomic mass is 16.4. The maximum absolute atomic E-state index is 9.61. The van der Waals surface area contributed by atoms with Gasteiger partial charge in [-0.05, 0) is 63.0 Å². The minimum absolute atomic E-state index is 0.188. The van der Waals surface area contributed by atoms with E-state index in [1.54, 1.807) is 12.1 Å². The summed E-state index contributed by atoms with van der Waals surface area (Å²) in [4.78, 5) is 9.31. The number of aromatic nitrogens is 2. The first-order chi connectivity index (χ1) is 17.2. The monoisotopic (exact) mass is 452 g/mol. The van der Waals surface area contributed by atoms with Gasteiger partial charge in [-0.3, -0.25) is 4.98 Å². The van der Waals surface area contributed by atoms with Crippen molar-refractivity contribution >= 4 is 34.3 Å². The molecule has 2 N–H and O–H groups in total. The molecule has 166 valence electrons. The van der Waals surface area contributed by atoms with Crippen LogP contribution >= 0.6 is 0 Å². The maximum atomic E-state index is 9.61. The summed E-state index contributed by atoms with van der Waals surface area (Å²) in [5.74, 6) is 0. The lowest BCUT2D eigenvalue weighted by atomic mass is 9.85. The molecule has 0 spiro atoms. The van der Waals surface area contributed by atoms with E-state index >= 15 is 0 Å². The van der Waals surface area contributed by atoms with Gasteiger partial charge in [0.2, 0.25) is 0 Å². The molecule has 0 fully saturated rings. The van der Waals surface area contributed by atoms with Crippen LogP contribution in [0.3, 0.4) is 0 Å². The van der Waals surface area contributed by atoms with Gasteiger partial charge < -0.3 is 10.0 Å². The van der Waals surface area contributed by atoms with Crippen LogP contribution < -0.4 is 5.59 Å². The largest absolute Gasteiger partial charge is 0.508 e. The highest BCUT2D eigenvalue weighted by Gasteiger charge is 2.15. The van der Waals surface area contributed by atoms with E-state index in [0.717, 1.165) is 22.4 Å². The van der Waals surface area contributed by atoms with Crippen LogP contribution in [-0.2, 0) is 0 Å². The lowest BCUT2D eigenvalue weighted by Gasteiger charge is -2.12. The number of nitrogens with zero attached hydrogens (tertiary/aromatic N) is 2. The minimum atomic E-state index is -1.64. The topological polar surface area (TPSA) is 66.2 Å². The van der Waals surface area contributed by atoms with Crippen LogP contribution in [0.25, 0.3) is 55.3 Å². The van der Waals surface area contributed by atoms with E-state index < -0.39 is 7.12 Å². The van der Waals surface area contributed by atoms with Gasteiger partial charge >= 0.3 is 7.12 Å². The molecule has 0 amide bonds. The molecular weight excluding hydrogens is 431 g/mol. The molecule has 0 aliphatic carbocycles. The number of hydrogen-bond donors (Lipinski definition) is 2. The molecular formula is C30H21BN2O2. The molecule has 6 aromatic rings. The van der Waals surface area contributed by atoms with Gasteiger partial charge in [-0.15, -0.1) is 0 Å². The number of hydrogen-bond acceptors (Lipinski definition) is 4. The first-order valence-electron chi connectivity index (χ1n) is 11.5. The van der Waals surface area contributed by atoms with E-state index in [4.69, 9.17) is 4.98 Å². The predicted molar refractivity (Wildman–Crippen MR) is 143 cm³/mol. The molecule has 0 atom stereocenters. The summed E-state index contributed by atoms with van der Waals surface area (Å²) in [5, 5.41) is 24.1. The van der Waals surface area contributed by atoms with Crippen molar-refractivity contribution in [3.63, 3.8) is 0 Å². The molecule has 5 heteroatoms. The van der Waals surface area contributed by atoms with E-state index in [2.05, 4.69) is 65.6 Å². The van der Waals surface area contributed by atoms with Crippen molar-refractivity contribution in [1.29, 1.82) is 0 Å². The first-order valence-corrected chi connectivity index (χ1v) is 11.5. The molecule has 0 bridgehead atoms. The second-order valence-electron chi connectivity index (χ2n) is 8.54. The summed E-state index contributed by atoms with van der Waals surface area (Å²) in [6.07, 6.45) is 0. The van der Waals surface area contributed by atoms with Gasteiger partial charge in [-0.2, -0.15) is 0 Å². The molecule has 2 heterocycles. The van der Waals surface area contributed by atoms with Crippen LogP contribution in [-0.4, -0.2) is 27.1 Å². The molecule has 0 aliphatic heterocycles. The Balaban J connectivity index is 1.54. The van der Waals surface area contributed by atoms with Gasteiger partial charge in [0.1, 0.15) is 0 Å². The number of rotatable bonds is 4. The zero-order valence-corrected chi connectivity index (χ0v) is 18.8. The van der Waals surface area contributed by atoms with Crippen molar-refractivity contribution in [2.75, 3.05) is 0 Å². The summed E-state index contributed by atoms with van der Waals surface area (Å²) < 4.78 is 0. The Hall–Kier alpha value is -4.32. The average Bonchev–Trinajstić information content (AvgIpc) is 2.93. The van der Waals surface area contributed by atoms with Crippen molar-refractivity contribution in [2.45, 2.75) is 0 Å². The molecule has 6 rings (SSSR count). The molecule has 0 saturated heterocycles. The summed E-state index contributed by atoms with van der Waals surface area (Å²) in [6, 6.07) is 38.6. The van der Waals surface area contributed by atoms with Crippen molar-refractivity contribution < 1.29 is 10.0 Å². The fourth-order valence-electron chi connectivity index (χ4n) is 4.52. The molecule has 4 nitrogen and oxygen atoms in total. The van der Waals surface area contributed by atoms with E-state index in [1.807, 2.05) is 42.5 Å². The van der Waals surface area contributed by atoms with Gasteiger partial charge in [-0.25, -0.2) is 4.98 Å². The summed E-state index contributed by atoms with van der Waals surface area (Å²) in [5.41, 5.74) is 5.36. The molecule has 0 aliphatic rings. The van der Waals surface area contributed by atoms with E-state index in [9.17, 15) is 10.0 Å². The average molecular weight is 452 g/mol. The molecule has 2 aromatic heterocycles. The lowest BCUT2D eigenvalue weighted by molar-refractivity contribution is 0.424. The molecule has 4 aromatic carbocycles. The third kappa shape index (κ3) is 4.08. The second-order valence-corrected chi connectivity index (χ2v) is 8.54. The number of fused-ring (bicyclic) bond motifs is 3. The maximum Gasteiger partial charge on any atom is 0.508 e. The van der Waals surface area contributed by atoms with Crippen LogP contribution in [0.15, 0.2) is 115 Å². The summed E-state index contributed by atoms with van der Waals surface area (Å²) in [7, 11) is -1.64. The second kappa shape index (κ2) is 8.80. The van der Waals surface area contributed by atoms with Crippen molar-refractivity contribution in [2.24, 2.45) is 0 Å². The van der Waals surface area contributed by atoms with Crippen LogP contribution in [0.4, 0.5) is 0 Å². The van der Waals surface area contributed by atoms with E-state index in [0.29, 0.717) is 11.4 Å². The molecule has 0 radical (unpaired) electrons. The van der Waals surface area contributed by atoms with Crippen LogP contribution in [0.5, 0.6) is 0 Å². The lowest BCUT2D eigenvalue weighted by Crippen LogP contribution is -2.32. The molecule has 0 saturated carbocycles. The SMILES string of the molecule is OB(O)c1cccc(-c2cc(-c3ccc4c(ccc5ccccc54)c3)cc(-c3ccccc3)n2)n1. The van der Waals surface area contributed by atoms with Crippen LogP contribution in [0, 0.1) is 0 Å². The Morgan fingerprint density at radius 2 is 1.20 bits per heavy atom. The van der Waals surface area contributed by atoms with Crippen molar-refractivity contribution in [3.8, 4) is 33.8 Å². The van der Waals surface area contributed by atoms with Crippen LogP contribution in [0.2, 0.25) is 0 Å². The van der Waals surface area contributed by atoms with E-state index in [-0.39, 0.29) is 5.59 Å². The quantitative estimate of drug-likeness (QED) is 0.275. The fraction of sp³-hybridized carbons (Fsp3) is 0. The Labute approximate surface area is 203 Å². The van der Waals surface area contributed by atoms with Crippen molar-refractivity contribution in [3.05, 3.63) is 115 Å². The highest BCUT2D eigenvalue weighted by Crippen LogP contribution is 2.33. The molecule has 35 heavy (non-hydrogen) atoms.